The minimum absolute atomic E-state index is 1.01. The quantitative estimate of drug-likeness (QED) is 0.144. The van der Waals surface area contributed by atoms with Gasteiger partial charge in [0.25, 0.3) is 0 Å². The van der Waals surface area contributed by atoms with Crippen molar-refractivity contribution >= 4 is 64.8 Å². The zero-order valence-corrected chi connectivity index (χ0v) is 26.2. The smallest absolute Gasteiger partial charge is 0.0788 e. The van der Waals surface area contributed by atoms with E-state index in [9.17, 15) is 0 Å². The van der Waals surface area contributed by atoms with Crippen LogP contribution in [-0.4, -0.2) is 4.98 Å². The zero-order valence-electron chi connectivity index (χ0n) is 26.2. The van der Waals surface area contributed by atoms with Crippen molar-refractivity contribution in [3.05, 3.63) is 176 Å². The normalized spacial score (nSPS) is 11.8. The van der Waals surface area contributed by atoms with Crippen LogP contribution in [0.5, 0.6) is 0 Å². The van der Waals surface area contributed by atoms with E-state index in [0.717, 1.165) is 22.2 Å². The largest absolute Gasteiger partial charge is 0.247 e. The van der Waals surface area contributed by atoms with E-state index in [4.69, 9.17) is 4.98 Å². The molecule has 10 aromatic rings. The number of fused-ring (bicyclic) bond motifs is 7. The van der Waals surface area contributed by atoms with E-state index in [2.05, 4.69) is 176 Å². The third kappa shape index (κ3) is 4.01. The van der Waals surface area contributed by atoms with Gasteiger partial charge in [0.2, 0.25) is 0 Å². The molecule has 1 heterocycles. The van der Waals surface area contributed by atoms with Gasteiger partial charge in [-0.05, 0) is 82.9 Å². The Morgan fingerprint density at radius 1 is 0.292 bits per heavy atom. The molecular weight excluding hydrogens is 579 g/mol. The van der Waals surface area contributed by atoms with Gasteiger partial charge in [-0.15, -0.1) is 0 Å². The monoisotopic (exact) mass is 607 g/mol. The van der Waals surface area contributed by atoms with Crippen LogP contribution in [0.2, 0.25) is 0 Å². The summed E-state index contributed by atoms with van der Waals surface area (Å²) in [7, 11) is 0. The average Bonchev–Trinajstić information content (AvgIpc) is 3.16. The van der Waals surface area contributed by atoms with Crippen molar-refractivity contribution in [2.75, 3.05) is 0 Å². The number of rotatable bonds is 3. The van der Waals surface area contributed by atoms with Crippen molar-refractivity contribution in [2.45, 2.75) is 0 Å². The first-order chi connectivity index (χ1) is 23.8. The maximum absolute atomic E-state index is 5.32. The first-order valence-corrected chi connectivity index (χ1v) is 16.6. The molecule has 1 nitrogen and oxygen atoms in total. The number of pyridine rings is 1. The van der Waals surface area contributed by atoms with Crippen molar-refractivity contribution in [3.8, 4) is 33.5 Å². The summed E-state index contributed by atoms with van der Waals surface area (Å²) in [5, 5.41) is 13.5. The van der Waals surface area contributed by atoms with Crippen LogP contribution in [0.3, 0.4) is 0 Å². The van der Waals surface area contributed by atoms with E-state index in [-0.39, 0.29) is 0 Å². The molecule has 9 aromatic carbocycles. The van der Waals surface area contributed by atoms with Crippen molar-refractivity contribution < 1.29 is 0 Å². The van der Waals surface area contributed by atoms with E-state index in [1.165, 1.54) is 76.1 Å². The van der Waals surface area contributed by atoms with E-state index in [1.54, 1.807) is 0 Å². The van der Waals surface area contributed by atoms with Gasteiger partial charge < -0.3 is 0 Å². The van der Waals surface area contributed by atoms with Crippen LogP contribution >= 0.6 is 0 Å². The lowest BCUT2D eigenvalue weighted by molar-refractivity contribution is 1.43. The predicted molar refractivity (Wildman–Crippen MR) is 206 cm³/mol. The summed E-state index contributed by atoms with van der Waals surface area (Å²) in [6, 6.07) is 64.0. The molecule has 0 radical (unpaired) electrons. The van der Waals surface area contributed by atoms with Crippen molar-refractivity contribution in [1.29, 1.82) is 0 Å². The minimum atomic E-state index is 1.01. The van der Waals surface area contributed by atoms with Crippen molar-refractivity contribution in [1.82, 2.24) is 4.98 Å². The Labute approximate surface area is 278 Å². The molecule has 222 valence electrons. The molecule has 48 heavy (non-hydrogen) atoms. The average molecular weight is 608 g/mol. The molecule has 0 saturated carbocycles. The van der Waals surface area contributed by atoms with Crippen molar-refractivity contribution in [3.63, 3.8) is 0 Å². The summed E-state index contributed by atoms with van der Waals surface area (Å²) in [5.74, 6) is 0. The highest BCUT2D eigenvalue weighted by molar-refractivity contribution is 6.26. The number of para-hydroxylation sites is 1. The van der Waals surface area contributed by atoms with Gasteiger partial charge in [-0.1, -0.05) is 164 Å². The fourth-order valence-electron chi connectivity index (χ4n) is 7.92. The lowest BCUT2D eigenvalue weighted by Gasteiger charge is -2.20. The second-order valence-electron chi connectivity index (χ2n) is 12.6. The zero-order chi connectivity index (χ0) is 31.6. The third-order valence-corrected chi connectivity index (χ3v) is 10.0. The molecule has 10 rings (SSSR count). The molecule has 0 unspecified atom stereocenters. The predicted octanol–water partition coefficient (Wildman–Crippen LogP) is 13.0. The Hall–Kier alpha value is -6.31. The molecule has 0 fully saturated rings. The van der Waals surface area contributed by atoms with Gasteiger partial charge in [-0.2, -0.15) is 0 Å². The second kappa shape index (κ2) is 10.6. The molecule has 0 bridgehead atoms. The standard InChI is InChI=1S/C47H29N/c1-3-17-33-30(13-1)15-11-24-37(33)45-39-21-6-7-22-40(39)46(38-25-12-16-31-14-2-4-18-34(31)38)43-29-32(27-28-41(43)45)47-42-23-8-5-19-35(42)36-20-9-10-26-44(36)48-47/h1-29H. The SMILES string of the molecule is c1ccc2c(-c3c4ccccc4c(-c4cccc5ccccc45)c4cc(-c5nc6ccccc6c6ccccc56)ccc34)cccc2c1. The summed E-state index contributed by atoms with van der Waals surface area (Å²) in [6.07, 6.45) is 0. The van der Waals surface area contributed by atoms with Gasteiger partial charge in [0.1, 0.15) is 0 Å². The molecule has 1 heteroatoms. The fourth-order valence-corrected chi connectivity index (χ4v) is 7.92. The van der Waals surface area contributed by atoms with Crippen LogP contribution in [-0.2, 0) is 0 Å². The highest BCUT2D eigenvalue weighted by Gasteiger charge is 2.20. The summed E-state index contributed by atoms with van der Waals surface area (Å²) < 4.78 is 0. The van der Waals surface area contributed by atoms with E-state index in [1.807, 2.05) is 0 Å². The summed E-state index contributed by atoms with van der Waals surface area (Å²) in [4.78, 5) is 5.32. The highest BCUT2D eigenvalue weighted by Crippen LogP contribution is 2.47. The third-order valence-electron chi connectivity index (χ3n) is 10.0. The molecule has 0 atom stereocenters. The van der Waals surface area contributed by atoms with Gasteiger partial charge >= 0.3 is 0 Å². The molecule has 0 aliphatic rings. The van der Waals surface area contributed by atoms with Gasteiger partial charge in [-0.25, -0.2) is 4.98 Å². The van der Waals surface area contributed by atoms with Gasteiger partial charge in [0.15, 0.2) is 0 Å². The molecule has 0 spiro atoms. The molecule has 0 N–H and O–H groups in total. The van der Waals surface area contributed by atoms with Crippen LogP contribution in [0.4, 0.5) is 0 Å². The summed E-state index contributed by atoms with van der Waals surface area (Å²) in [5.41, 5.74) is 8.15. The van der Waals surface area contributed by atoms with Crippen LogP contribution in [0.15, 0.2) is 176 Å². The van der Waals surface area contributed by atoms with Gasteiger partial charge in [0.05, 0.1) is 11.2 Å². The second-order valence-corrected chi connectivity index (χ2v) is 12.6. The van der Waals surface area contributed by atoms with Crippen LogP contribution in [0.1, 0.15) is 0 Å². The lowest BCUT2D eigenvalue weighted by Crippen LogP contribution is -1.94. The van der Waals surface area contributed by atoms with Gasteiger partial charge in [-0.3, -0.25) is 0 Å². The summed E-state index contributed by atoms with van der Waals surface area (Å²) in [6.45, 7) is 0. The Morgan fingerprint density at radius 2 is 0.750 bits per heavy atom. The van der Waals surface area contributed by atoms with Gasteiger partial charge in [0, 0.05) is 16.3 Å². The van der Waals surface area contributed by atoms with Crippen LogP contribution in [0.25, 0.3) is 98.3 Å². The Balaban J connectivity index is 1.39. The lowest BCUT2D eigenvalue weighted by atomic mass is 9.83. The highest BCUT2D eigenvalue weighted by atomic mass is 14.7. The molecule has 0 aliphatic carbocycles. The molecular formula is C47H29N. The first kappa shape index (κ1) is 26.9. The van der Waals surface area contributed by atoms with E-state index >= 15 is 0 Å². The summed E-state index contributed by atoms with van der Waals surface area (Å²) >= 11 is 0. The molecule has 0 aliphatic heterocycles. The number of nitrogens with zero attached hydrogens (tertiary/aromatic N) is 1. The number of hydrogen-bond acceptors (Lipinski definition) is 1. The molecule has 0 saturated heterocycles. The number of aromatic nitrogens is 1. The Bertz CT molecular complexity index is 2890. The first-order valence-electron chi connectivity index (χ1n) is 16.6. The Kier molecular flexibility index (Phi) is 5.94. The van der Waals surface area contributed by atoms with Crippen molar-refractivity contribution in [2.24, 2.45) is 0 Å². The molecule has 1 aromatic heterocycles. The van der Waals surface area contributed by atoms with Crippen LogP contribution < -0.4 is 0 Å². The Morgan fingerprint density at radius 3 is 1.40 bits per heavy atom. The maximum atomic E-state index is 5.32. The van der Waals surface area contributed by atoms with Crippen LogP contribution in [0, 0.1) is 0 Å². The fraction of sp³-hybridized carbons (Fsp3) is 0. The number of hydrogen-bond donors (Lipinski definition) is 0. The minimum Gasteiger partial charge on any atom is -0.247 e. The van der Waals surface area contributed by atoms with E-state index in [0.29, 0.717) is 0 Å². The topological polar surface area (TPSA) is 12.9 Å². The molecule has 0 amide bonds. The number of benzene rings is 9. The maximum Gasteiger partial charge on any atom is 0.0788 e. The van der Waals surface area contributed by atoms with E-state index < -0.39 is 0 Å².